The average Bonchev–Trinajstić information content (AvgIpc) is 2.24. The van der Waals surface area contributed by atoms with E-state index < -0.39 is 41.2 Å². The van der Waals surface area contributed by atoms with Crippen LogP contribution in [0, 0.1) is 5.92 Å². The highest BCUT2D eigenvalue weighted by Gasteiger charge is 3.11. The van der Waals surface area contributed by atoms with Gasteiger partial charge in [0.25, 0.3) is 0 Å². The fraction of sp³-hybridized carbons (Fsp3) is 0.857. The molecule has 0 aliphatic heterocycles. The molecule has 2 aliphatic carbocycles. The van der Waals surface area contributed by atoms with E-state index in [4.69, 9.17) is 0 Å². The van der Waals surface area contributed by atoms with Crippen molar-refractivity contribution in [3.05, 3.63) is 5.92 Å². The Bertz CT molecular complexity index is 380. The van der Waals surface area contributed by atoms with Crippen molar-refractivity contribution in [1.82, 2.24) is 0 Å². The summed E-state index contributed by atoms with van der Waals surface area (Å²) in [6.45, 7) is 0. The van der Waals surface area contributed by atoms with Gasteiger partial charge in [-0.2, -0.15) is 35.1 Å². The maximum absolute atomic E-state index is 13.2. The molecule has 0 aromatic heterocycles. The van der Waals surface area contributed by atoms with E-state index in [-0.39, 0.29) is 0 Å². The van der Waals surface area contributed by atoms with Crippen molar-refractivity contribution in [2.45, 2.75) is 35.3 Å². The topological polar surface area (TPSA) is 0 Å². The molecular formula is C7F11. The van der Waals surface area contributed by atoms with Gasteiger partial charge < -0.3 is 0 Å². The Morgan fingerprint density at radius 3 is 0.889 bits per heavy atom. The van der Waals surface area contributed by atoms with Crippen molar-refractivity contribution in [2.75, 3.05) is 0 Å². The van der Waals surface area contributed by atoms with E-state index >= 15 is 0 Å². The molecule has 2 saturated carbocycles. The lowest BCUT2D eigenvalue weighted by Gasteiger charge is -2.40. The Hall–Kier alpha value is -0.770. The number of fused-ring (bicyclic) bond motifs is 2. The predicted molar refractivity (Wildman–Crippen MR) is 31.8 cm³/mol. The summed E-state index contributed by atoms with van der Waals surface area (Å²) in [4.78, 5) is 0. The van der Waals surface area contributed by atoms with Crippen molar-refractivity contribution in [1.29, 1.82) is 0 Å². The first-order valence-corrected chi connectivity index (χ1v) is 4.08. The minimum atomic E-state index is -6.67. The van der Waals surface area contributed by atoms with Crippen LogP contribution >= 0.6 is 0 Å². The van der Waals surface area contributed by atoms with Gasteiger partial charge in [-0.15, -0.1) is 0 Å². The van der Waals surface area contributed by atoms with E-state index in [1.807, 2.05) is 0 Å². The van der Waals surface area contributed by atoms with Crippen molar-refractivity contribution >= 4 is 0 Å². The second kappa shape index (κ2) is 2.58. The maximum atomic E-state index is 13.2. The van der Waals surface area contributed by atoms with Crippen LogP contribution in [-0.2, 0) is 0 Å². The van der Waals surface area contributed by atoms with E-state index in [2.05, 4.69) is 0 Å². The molecule has 2 fully saturated rings. The Balaban J connectivity index is 2.87. The highest BCUT2D eigenvalue weighted by Crippen LogP contribution is 2.81. The van der Waals surface area contributed by atoms with Crippen LogP contribution in [0.1, 0.15) is 0 Å². The van der Waals surface area contributed by atoms with Gasteiger partial charge >= 0.3 is 35.3 Å². The quantitative estimate of drug-likeness (QED) is 0.600. The Kier molecular flexibility index (Phi) is 1.95. The zero-order valence-electron chi connectivity index (χ0n) is 7.66. The van der Waals surface area contributed by atoms with Gasteiger partial charge in [-0.3, -0.25) is 0 Å². The fourth-order valence-corrected chi connectivity index (χ4v) is 2.10. The van der Waals surface area contributed by atoms with Gasteiger partial charge in [0.2, 0.25) is 5.92 Å². The van der Waals surface area contributed by atoms with E-state index in [9.17, 15) is 48.3 Å². The Labute approximate surface area is 90.7 Å². The SMILES string of the molecule is FC1(F)[C]2C(F)(F)C(F)(F)C(F)(C2(F)F)C1(F)F. The zero-order chi connectivity index (χ0) is 14.6. The van der Waals surface area contributed by atoms with Crippen LogP contribution in [0.3, 0.4) is 0 Å². The van der Waals surface area contributed by atoms with Gasteiger partial charge in [-0.1, -0.05) is 0 Å². The minimum absolute atomic E-state index is 4.08. The van der Waals surface area contributed by atoms with Gasteiger partial charge in [0, 0.05) is 0 Å². The van der Waals surface area contributed by atoms with Crippen molar-refractivity contribution in [2.24, 2.45) is 0 Å². The van der Waals surface area contributed by atoms with E-state index in [1.165, 1.54) is 0 Å². The van der Waals surface area contributed by atoms with Crippen LogP contribution < -0.4 is 0 Å². The van der Waals surface area contributed by atoms with E-state index in [0.29, 0.717) is 0 Å². The smallest absolute Gasteiger partial charge is 0.223 e. The lowest BCUT2D eigenvalue weighted by Crippen LogP contribution is -2.70. The van der Waals surface area contributed by atoms with Gasteiger partial charge in [-0.25, -0.2) is 13.2 Å². The zero-order valence-corrected chi connectivity index (χ0v) is 7.66. The predicted octanol–water partition coefficient (Wildman–Crippen LogP) is 3.47. The molecular weight excluding hydrogens is 293 g/mol. The third-order valence-corrected chi connectivity index (χ3v) is 3.03. The molecule has 11 heteroatoms. The van der Waals surface area contributed by atoms with Crippen LogP contribution in [0.15, 0.2) is 0 Å². The molecule has 0 saturated heterocycles. The molecule has 0 atom stereocenters. The highest BCUT2D eigenvalue weighted by atomic mass is 19.4. The molecule has 0 N–H and O–H groups in total. The molecule has 0 amide bonds. The van der Waals surface area contributed by atoms with Crippen LogP contribution in [0.2, 0.25) is 0 Å². The molecule has 0 spiro atoms. The van der Waals surface area contributed by atoms with E-state index in [1.54, 1.807) is 0 Å². The van der Waals surface area contributed by atoms with Crippen molar-refractivity contribution in [3.63, 3.8) is 0 Å². The largest absolute Gasteiger partial charge is 0.356 e. The molecule has 0 aromatic carbocycles. The minimum Gasteiger partial charge on any atom is -0.223 e. The molecule has 18 heavy (non-hydrogen) atoms. The van der Waals surface area contributed by atoms with Crippen LogP contribution in [-0.4, -0.2) is 35.3 Å². The Morgan fingerprint density at radius 1 is 0.444 bits per heavy atom. The van der Waals surface area contributed by atoms with Crippen molar-refractivity contribution in [3.8, 4) is 0 Å². The number of hydrogen-bond donors (Lipinski definition) is 0. The average molecular weight is 293 g/mol. The third-order valence-electron chi connectivity index (χ3n) is 3.03. The van der Waals surface area contributed by atoms with E-state index in [0.717, 1.165) is 0 Å². The normalized spacial score (nSPS) is 36.8. The first kappa shape index (κ1) is 13.7. The number of hydrogen-bond acceptors (Lipinski definition) is 0. The third kappa shape index (κ3) is 0.796. The highest BCUT2D eigenvalue weighted by molar-refractivity contribution is 5.51. The summed E-state index contributed by atoms with van der Waals surface area (Å²) in [5.41, 5.74) is -6.67. The first-order valence-electron chi connectivity index (χ1n) is 4.08. The molecule has 1 radical (unpaired) electrons. The monoisotopic (exact) mass is 293 g/mol. The Morgan fingerprint density at radius 2 is 0.722 bits per heavy atom. The molecule has 2 rings (SSSR count). The number of halogens is 11. The van der Waals surface area contributed by atoms with Gasteiger partial charge in [-0.05, 0) is 0 Å². The maximum Gasteiger partial charge on any atom is 0.356 e. The summed E-state index contributed by atoms with van der Waals surface area (Å²) in [6.07, 6.45) is 0. The molecule has 0 nitrogen and oxygen atoms in total. The van der Waals surface area contributed by atoms with Crippen molar-refractivity contribution < 1.29 is 48.3 Å². The molecule has 0 unspecified atom stereocenters. The second-order valence-corrected chi connectivity index (χ2v) is 3.91. The van der Waals surface area contributed by atoms with Gasteiger partial charge in [0.05, 0.1) is 0 Å². The summed E-state index contributed by atoms with van der Waals surface area (Å²) >= 11 is 0. The fourth-order valence-electron chi connectivity index (χ4n) is 2.10. The lowest BCUT2D eigenvalue weighted by atomic mass is 9.84. The molecule has 2 bridgehead atoms. The molecule has 0 heterocycles. The summed E-state index contributed by atoms with van der Waals surface area (Å²) in [5, 5.41) is 0. The second-order valence-electron chi connectivity index (χ2n) is 3.91. The molecule has 0 aromatic rings. The molecule has 105 valence electrons. The number of alkyl halides is 11. The standard InChI is InChI=1S/C7F11/c8-2(9)1-3(10,11)6(15,16)5(2,14)7(17,18)4(1,12)13. The van der Waals surface area contributed by atoms with Gasteiger partial charge in [0.15, 0.2) is 0 Å². The number of rotatable bonds is 0. The first-order chi connectivity index (χ1) is 7.62. The summed E-state index contributed by atoms with van der Waals surface area (Å²) < 4.78 is 140. The summed E-state index contributed by atoms with van der Waals surface area (Å²) in [5.74, 6) is -36.5. The summed E-state index contributed by atoms with van der Waals surface area (Å²) in [6, 6.07) is 0. The lowest BCUT2D eigenvalue weighted by molar-refractivity contribution is -0.365. The van der Waals surface area contributed by atoms with Crippen LogP contribution in [0.5, 0.6) is 0 Å². The van der Waals surface area contributed by atoms with Crippen LogP contribution in [0.4, 0.5) is 48.3 Å². The van der Waals surface area contributed by atoms with Gasteiger partial charge in [0.1, 0.15) is 0 Å². The van der Waals surface area contributed by atoms with Crippen LogP contribution in [0.25, 0.3) is 0 Å². The molecule has 2 aliphatic rings. The summed E-state index contributed by atoms with van der Waals surface area (Å²) in [7, 11) is 0.